The zero-order valence-electron chi connectivity index (χ0n) is 11.0. The maximum absolute atomic E-state index is 12.2. The Balaban J connectivity index is 2.68. The molecule has 0 N–H and O–H groups in total. The van der Waals surface area contributed by atoms with Gasteiger partial charge in [0, 0.05) is 12.2 Å². The third kappa shape index (κ3) is 5.24. The molecule has 0 fully saturated rings. The molecule has 0 radical (unpaired) electrons. The van der Waals surface area contributed by atoms with Gasteiger partial charge in [0.2, 0.25) is 0 Å². The van der Waals surface area contributed by atoms with Gasteiger partial charge in [-0.25, -0.2) is 8.42 Å². The van der Waals surface area contributed by atoms with Crippen molar-refractivity contribution in [1.29, 1.82) is 0 Å². The van der Waals surface area contributed by atoms with Crippen molar-refractivity contribution in [3.63, 3.8) is 0 Å². The standard InChI is InChI=1S/C13H16F2O4S/c1-2-20(17,18)9-5-7-11(16)10-6-3-4-8-12(10)19-13(14)15/h3-4,6,8,13H,2,5,7,9H2,1H3. The topological polar surface area (TPSA) is 60.4 Å². The summed E-state index contributed by atoms with van der Waals surface area (Å²) in [5.41, 5.74) is 0.0432. The summed E-state index contributed by atoms with van der Waals surface area (Å²) in [6.07, 6.45) is 0.140. The number of halogens is 2. The fraction of sp³-hybridized carbons (Fsp3) is 0.462. The molecule has 1 rings (SSSR count). The van der Waals surface area contributed by atoms with Crippen molar-refractivity contribution >= 4 is 15.6 Å². The van der Waals surface area contributed by atoms with Gasteiger partial charge in [-0.2, -0.15) is 8.78 Å². The predicted molar refractivity (Wildman–Crippen MR) is 71.0 cm³/mol. The Hall–Kier alpha value is -1.50. The van der Waals surface area contributed by atoms with E-state index in [9.17, 15) is 22.0 Å². The summed E-state index contributed by atoms with van der Waals surface area (Å²) in [4.78, 5) is 11.9. The highest BCUT2D eigenvalue weighted by Gasteiger charge is 2.16. The first-order chi connectivity index (χ1) is 9.35. The van der Waals surface area contributed by atoms with Gasteiger partial charge in [0.25, 0.3) is 0 Å². The number of benzene rings is 1. The van der Waals surface area contributed by atoms with Gasteiger partial charge in [-0.15, -0.1) is 0 Å². The molecule has 0 spiro atoms. The third-order valence-electron chi connectivity index (χ3n) is 2.70. The number of ether oxygens (including phenoxy) is 1. The van der Waals surface area contributed by atoms with Crippen molar-refractivity contribution in [2.24, 2.45) is 0 Å². The van der Waals surface area contributed by atoms with Crippen molar-refractivity contribution in [3.05, 3.63) is 29.8 Å². The molecule has 0 bridgehead atoms. The van der Waals surface area contributed by atoms with E-state index < -0.39 is 22.2 Å². The second kappa shape index (κ2) is 7.33. The summed E-state index contributed by atoms with van der Waals surface area (Å²) in [6, 6.07) is 5.68. The van der Waals surface area contributed by atoms with Crippen LogP contribution in [0, 0.1) is 0 Å². The molecule has 0 amide bonds. The Kier molecular flexibility index (Phi) is 6.06. The van der Waals surface area contributed by atoms with Gasteiger partial charge in [-0.1, -0.05) is 19.1 Å². The first-order valence-corrected chi connectivity index (χ1v) is 7.95. The van der Waals surface area contributed by atoms with Crippen LogP contribution in [0.15, 0.2) is 24.3 Å². The number of carbonyl (C=O) groups is 1. The Morgan fingerprint density at radius 1 is 1.30 bits per heavy atom. The molecule has 0 atom stereocenters. The van der Waals surface area contributed by atoms with Crippen LogP contribution < -0.4 is 4.74 Å². The van der Waals surface area contributed by atoms with Crippen LogP contribution in [0.4, 0.5) is 8.78 Å². The van der Waals surface area contributed by atoms with Gasteiger partial charge in [0.15, 0.2) is 5.78 Å². The van der Waals surface area contributed by atoms with E-state index in [1.54, 1.807) is 0 Å². The molecule has 0 aliphatic heterocycles. The molecule has 0 heterocycles. The summed E-state index contributed by atoms with van der Waals surface area (Å²) in [5, 5.41) is 0. The van der Waals surface area contributed by atoms with Crippen molar-refractivity contribution in [1.82, 2.24) is 0 Å². The minimum absolute atomic E-state index is 0.0201. The zero-order chi connectivity index (χ0) is 15.2. The lowest BCUT2D eigenvalue weighted by molar-refractivity contribution is -0.0501. The second-order valence-corrected chi connectivity index (χ2v) is 6.61. The largest absolute Gasteiger partial charge is 0.434 e. The first-order valence-electron chi connectivity index (χ1n) is 6.13. The first kappa shape index (κ1) is 16.6. The molecular weight excluding hydrogens is 290 g/mol. The monoisotopic (exact) mass is 306 g/mol. The summed E-state index contributed by atoms with van der Waals surface area (Å²) in [6.45, 7) is -1.48. The number of carbonyl (C=O) groups excluding carboxylic acids is 1. The van der Waals surface area contributed by atoms with E-state index in [-0.39, 0.29) is 35.7 Å². The number of para-hydroxylation sites is 1. The highest BCUT2D eigenvalue weighted by molar-refractivity contribution is 7.91. The van der Waals surface area contributed by atoms with Gasteiger partial charge in [0.1, 0.15) is 15.6 Å². The molecular formula is C13H16F2O4S. The van der Waals surface area contributed by atoms with Crippen LogP contribution in [-0.4, -0.2) is 32.3 Å². The number of sulfone groups is 1. The lowest BCUT2D eigenvalue weighted by atomic mass is 10.1. The number of rotatable bonds is 8. The summed E-state index contributed by atoms with van der Waals surface area (Å²) in [7, 11) is -3.13. The molecule has 112 valence electrons. The number of hydrogen-bond acceptors (Lipinski definition) is 4. The number of ketones is 1. The van der Waals surface area contributed by atoms with Crippen molar-refractivity contribution < 1.29 is 26.7 Å². The maximum atomic E-state index is 12.2. The number of hydrogen-bond donors (Lipinski definition) is 0. The van der Waals surface area contributed by atoms with Crippen LogP contribution in [0.5, 0.6) is 5.75 Å². The van der Waals surface area contributed by atoms with E-state index in [2.05, 4.69) is 4.74 Å². The zero-order valence-corrected chi connectivity index (χ0v) is 11.8. The van der Waals surface area contributed by atoms with Gasteiger partial charge in [-0.05, 0) is 18.6 Å². The van der Waals surface area contributed by atoms with Crippen LogP contribution in [0.1, 0.15) is 30.1 Å². The van der Waals surface area contributed by atoms with E-state index in [1.807, 2.05) is 0 Å². The average molecular weight is 306 g/mol. The fourth-order valence-electron chi connectivity index (χ4n) is 1.63. The fourth-order valence-corrected chi connectivity index (χ4v) is 2.50. The molecule has 4 nitrogen and oxygen atoms in total. The molecule has 20 heavy (non-hydrogen) atoms. The summed E-state index contributed by atoms with van der Waals surface area (Å²) < 4.78 is 51.3. The van der Waals surface area contributed by atoms with Crippen molar-refractivity contribution in [2.45, 2.75) is 26.4 Å². The Labute approximate surface area is 116 Å². The van der Waals surface area contributed by atoms with E-state index in [0.29, 0.717) is 0 Å². The minimum Gasteiger partial charge on any atom is -0.434 e. The Morgan fingerprint density at radius 2 is 1.95 bits per heavy atom. The third-order valence-corrected chi connectivity index (χ3v) is 4.49. The van der Waals surface area contributed by atoms with E-state index in [0.717, 1.165) is 0 Å². The molecule has 0 aliphatic rings. The van der Waals surface area contributed by atoms with Crippen LogP contribution >= 0.6 is 0 Å². The molecule has 0 aromatic heterocycles. The Bertz CT molecular complexity index is 555. The van der Waals surface area contributed by atoms with Gasteiger partial charge in [0.05, 0.1) is 11.3 Å². The molecule has 0 unspecified atom stereocenters. The molecule has 0 saturated carbocycles. The van der Waals surface area contributed by atoms with Gasteiger partial charge < -0.3 is 4.74 Å². The average Bonchev–Trinajstić information content (AvgIpc) is 2.38. The maximum Gasteiger partial charge on any atom is 0.387 e. The quantitative estimate of drug-likeness (QED) is 0.693. The molecule has 0 aliphatic carbocycles. The van der Waals surface area contributed by atoms with E-state index >= 15 is 0 Å². The molecule has 7 heteroatoms. The number of alkyl halides is 2. The van der Waals surface area contributed by atoms with E-state index in [1.165, 1.54) is 31.2 Å². The van der Waals surface area contributed by atoms with Crippen LogP contribution in [-0.2, 0) is 9.84 Å². The van der Waals surface area contributed by atoms with Gasteiger partial charge in [-0.3, -0.25) is 4.79 Å². The normalized spacial score (nSPS) is 11.6. The number of Topliss-reactive ketones (excluding diaryl/α,β-unsaturated/α-hetero) is 1. The van der Waals surface area contributed by atoms with Crippen LogP contribution in [0.3, 0.4) is 0 Å². The molecule has 0 saturated heterocycles. The van der Waals surface area contributed by atoms with Crippen molar-refractivity contribution in [3.8, 4) is 5.75 Å². The minimum atomic E-state index is -3.13. The van der Waals surface area contributed by atoms with Crippen LogP contribution in [0.25, 0.3) is 0 Å². The molecule has 1 aromatic rings. The van der Waals surface area contributed by atoms with Gasteiger partial charge >= 0.3 is 6.61 Å². The molecule has 1 aromatic carbocycles. The van der Waals surface area contributed by atoms with Crippen LogP contribution in [0.2, 0.25) is 0 Å². The second-order valence-electron chi connectivity index (χ2n) is 4.14. The van der Waals surface area contributed by atoms with Crippen molar-refractivity contribution in [2.75, 3.05) is 11.5 Å². The lowest BCUT2D eigenvalue weighted by Crippen LogP contribution is -2.12. The Morgan fingerprint density at radius 3 is 2.55 bits per heavy atom. The SMILES string of the molecule is CCS(=O)(=O)CCCC(=O)c1ccccc1OC(F)F. The predicted octanol–water partition coefficient (Wildman–Crippen LogP) is 2.69. The summed E-state index contributed by atoms with van der Waals surface area (Å²) >= 11 is 0. The highest BCUT2D eigenvalue weighted by atomic mass is 32.2. The summed E-state index contributed by atoms with van der Waals surface area (Å²) in [5.74, 6) is -0.669. The van der Waals surface area contributed by atoms with E-state index in [4.69, 9.17) is 0 Å². The lowest BCUT2D eigenvalue weighted by Gasteiger charge is -2.09. The smallest absolute Gasteiger partial charge is 0.387 e. The highest BCUT2D eigenvalue weighted by Crippen LogP contribution is 2.22.